The molecule has 5 heteroatoms. The van der Waals surface area contributed by atoms with Crippen LogP contribution in [0.1, 0.15) is 29.6 Å². The maximum atomic E-state index is 11.9. The standard InChI is InChI=1S/C15H21NO4/c17-8-3-7-16-15(18)12-4-1-5-13(10-12)20-11-14-6-2-9-19-14/h1,4-5,10,14,17H,2-3,6-9,11H2,(H,16,18). The van der Waals surface area contributed by atoms with E-state index in [0.29, 0.717) is 30.9 Å². The van der Waals surface area contributed by atoms with Crippen molar-refractivity contribution in [2.24, 2.45) is 0 Å². The van der Waals surface area contributed by atoms with Crippen molar-refractivity contribution in [3.05, 3.63) is 29.8 Å². The van der Waals surface area contributed by atoms with Crippen LogP contribution >= 0.6 is 0 Å². The summed E-state index contributed by atoms with van der Waals surface area (Å²) < 4.78 is 11.2. The number of aliphatic hydroxyl groups is 1. The van der Waals surface area contributed by atoms with E-state index in [1.807, 2.05) is 6.07 Å². The normalized spacial score (nSPS) is 17.9. The molecule has 1 atom stereocenters. The Labute approximate surface area is 118 Å². The minimum atomic E-state index is -0.152. The fourth-order valence-electron chi connectivity index (χ4n) is 2.08. The lowest BCUT2D eigenvalue weighted by Gasteiger charge is -2.12. The molecule has 1 aliphatic heterocycles. The van der Waals surface area contributed by atoms with Gasteiger partial charge in [-0.2, -0.15) is 0 Å². The van der Waals surface area contributed by atoms with Crippen LogP contribution in [0.25, 0.3) is 0 Å². The molecule has 1 amide bonds. The summed E-state index contributed by atoms with van der Waals surface area (Å²) in [4.78, 5) is 11.9. The van der Waals surface area contributed by atoms with Gasteiger partial charge >= 0.3 is 0 Å². The van der Waals surface area contributed by atoms with Crippen LogP contribution in [0.4, 0.5) is 0 Å². The molecule has 1 fully saturated rings. The fraction of sp³-hybridized carbons (Fsp3) is 0.533. The van der Waals surface area contributed by atoms with E-state index in [1.165, 1.54) is 0 Å². The van der Waals surface area contributed by atoms with Gasteiger partial charge in [0.1, 0.15) is 12.4 Å². The third-order valence-corrected chi connectivity index (χ3v) is 3.18. The van der Waals surface area contributed by atoms with Crippen molar-refractivity contribution < 1.29 is 19.4 Å². The largest absolute Gasteiger partial charge is 0.491 e. The zero-order valence-corrected chi connectivity index (χ0v) is 11.5. The van der Waals surface area contributed by atoms with Crippen LogP contribution in [0.2, 0.25) is 0 Å². The van der Waals surface area contributed by atoms with Crippen molar-refractivity contribution in [1.82, 2.24) is 5.32 Å². The number of aliphatic hydroxyl groups excluding tert-OH is 1. The highest BCUT2D eigenvalue weighted by atomic mass is 16.5. The summed E-state index contributed by atoms with van der Waals surface area (Å²) in [6, 6.07) is 7.10. The number of carbonyl (C=O) groups excluding carboxylic acids is 1. The molecule has 110 valence electrons. The number of benzene rings is 1. The Morgan fingerprint density at radius 3 is 3.15 bits per heavy atom. The molecule has 0 spiro atoms. The molecule has 1 unspecified atom stereocenters. The van der Waals surface area contributed by atoms with Crippen LogP contribution in [-0.4, -0.2) is 43.5 Å². The smallest absolute Gasteiger partial charge is 0.251 e. The second-order valence-corrected chi connectivity index (χ2v) is 4.81. The predicted molar refractivity (Wildman–Crippen MR) is 74.9 cm³/mol. The zero-order valence-electron chi connectivity index (χ0n) is 11.5. The van der Waals surface area contributed by atoms with Gasteiger partial charge in [-0.1, -0.05) is 6.07 Å². The van der Waals surface area contributed by atoms with Crippen LogP contribution in [0, 0.1) is 0 Å². The van der Waals surface area contributed by atoms with Gasteiger partial charge in [-0.25, -0.2) is 0 Å². The first-order chi connectivity index (χ1) is 9.79. The minimum Gasteiger partial charge on any atom is -0.491 e. The van der Waals surface area contributed by atoms with E-state index >= 15 is 0 Å². The molecule has 1 aliphatic rings. The molecule has 0 saturated carbocycles. The van der Waals surface area contributed by atoms with Gasteiger partial charge in [0.2, 0.25) is 0 Å². The fourth-order valence-corrected chi connectivity index (χ4v) is 2.08. The highest BCUT2D eigenvalue weighted by Crippen LogP contribution is 2.17. The van der Waals surface area contributed by atoms with Gasteiger partial charge < -0.3 is 19.9 Å². The lowest BCUT2D eigenvalue weighted by molar-refractivity contribution is 0.0679. The highest BCUT2D eigenvalue weighted by molar-refractivity contribution is 5.94. The molecule has 0 bridgehead atoms. The number of hydrogen-bond donors (Lipinski definition) is 2. The highest BCUT2D eigenvalue weighted by Gasteiger charge is 2.16. The quantitative estimate of drug-likeness (QED) is 0.739. The summed E-state index contributed by atoms with van der Waals surface area (Å²) in [5, 5.41) is 11.4. The molecule has 2 rings (SSSR count). The molecule has 1 saturated heterocycles. The molecule has 0 aromatic heterocycles. The van der Waals surface area contributed by atoms with Gasteiger partial charge in [0.25, 0.3) is 5.91 Å². The molecular weight excluding hydrogens is 258 g/mol. The number of carbonyl (C=O) groups is 1. The second-order valence-electron chi connectivity index (χ2n) is 4.81. The van der Waals surface area contributed by atoms with Crippen molar-refractivity contribution in [3.63, 3.8) is 0 Å². The van der Waals surface area contributed by atoms with E-state index in [4.69, 9.17) is 14.6 Å². The monoisotopic (exact) mass is 279 g/mol. The maximum Gasteiger partial charge on any atom is 0.251 e. The molecular formula is C15H21NO4. The molecule has 1 aromatic carbocycles. The van der Waals surface area contributed by atoms with E-state index < -0.39 is 0 Å². The Balaban J connectivity index is 1.84. The average molecular weight is 279 g/mol. The summed E-state index contributed by atoms with van der Waals surface area (Å²) in [6.45, 7) is 1.87. The molecule has 5 nitrogen and oxygen atoms in total. The number of nitrogens with one attached hydrogen (secondary N) is 1. The third-order valence-electron chi connectivity index (χ3n) is 3.18. The summed E-state index contributed by atoms with van der Waals surface area (Å²) in [5.74, 6) is 0.524. The molecule has 20 heavy (non-hydrogen) atoms. The van der Waals surface area contributed by atoms with Crippen LogP contribution in [0.15, 0.2) is 24.3 Å². The lowest BCUT2D eigenvalue weighted by atomic mass is 10.2. The van der Waals surface area contributed by atoms with Crippen LogP contribution < -0.4 is 10.1 Å². The van der Waals surface area contributed by atoms with Crippen molar-refractivity contribution in [2.75, 3.05) is 26.4 Å². The van der Waals surface area contributed by atoms with Gasteiger partial charge in [-0.05, 0) is 37.5 Å². The minimum absolute atomic E-state index is 0.0742. The Morgan fingerprint density at radius 1 is 1.50 bits per heavy atom. The second kappa shape index (κ2) is 7.87. The first-order valence-corrected chi connectivity index (χ1v) is 7.03. The molecule has 1 aromatic rings. The van der Waals surface area contributed by atoms with Crippen molar-refractivity contribution in [3.8, 4) is 5.75 Å². The third kappa shape index (κ3) is 4.51. The van der Waals surface area contributed by atoms with Gasteiger partial charge in [0.05, 0.1) is 6.10 Å². The van der Waals surface area contributed by atoms with E-state index in [-0.39, 0.29) is 18.6 Å². The molecule has 0 aliphatic carbocycles. The van der Waals surface area contributed by atoms with E-state index in [1.54, 1.807) is 18.2 Å². The SMILES string of the molecule is O=C(NCCCO)c1cccc(OCC2CCCO2)c1. The Bertz CT molecular complexity index is 430. The number of amides is 1. The van der Waals surface area contributed by atoms with Crippen LogP contribution in [0.3, 0.4) is 0 Å². The van der Waals surface area contributed by atoms with Crippen LogP contribution in [-0.2, 0) is 4.74 Å². The number of ether oxygens (including phenoxy) is 2. The molecule has 1 heterocycles. The number of hydrogen-bond acceptors (Lipinski definition) is 4. The number of rotatable bonds is 7. The van der Waals surface area contributed by atoms with E-state index in [0.717, 1.165) is 19.4 Å². The summed E-state index contributed by atoms with van der Waals surface area (Å²) in [7, 11) is 0. The van der Waals surface area contributed by atoms with Crippen molar-refractivity contribution >= 4 is 5.91 Å². The average Bonchev–Trinajstić information content (AvgIpc) is 2.99. The van der Waals surface area contributed by atoms with Crippen molar-refractivity contribution in [1.29, 1.82) is 0 Å². The Morgan fingerprint density at radius 2 is 2.40 bits per heavy atom. The summed E-state index contributed by atoms with van der Waals surface area (Å²) in [6.07, 6.45) is 2.83. The van der Waals surface area contributed by atoms with E-state index in [2.05, 4.69) is 5.32 Å². The van der Waals surface area contributed by atoms with Gasteiger partial charge in [0, 0.05) is 25.3 Å². The maximum absolute atomic E-state index is 11.9. The zero-order chi connectivity index (χ0) is 14.2. The first-order valence-electron chi connectivity index (χ1n) is 7.03. The molecule has 2 N–H and O–H groups in total. The summed E-state index contributed by atoms with van der Waals surface area (Å²) in [5.41, 5.74) is 0.563. The lowest BCUT2D eigenvalue weighted by Crippen LogP contribution is -2.25. The van der Waals surface area contributed by atoms with E-state index in [9.17, 15) is 4.79 Å². The van der Waals surface area contributed by atoms with Crippen molar-refractivity contribution in [2.45, 2.75) is 25.4 Å². The van der Waals surface area contributed by atoms with Crippen LogP contribution in [0.5, 0.6) is 5.75 Å². The Kier molecular flexibility index (Phi) is 5.83. The summed E-state index contributed by atoms with van der Waals surface area (Å²) >= 11 is 0. The topological polar surface area (TPSA) is 67.8 Å². The molecule has 0 radical (unpaired) electrons. The van der Waals surface area contributed by atoms with Gasteiger partial charge in [-0.3, -0.25) is 4.79 Å². The van der Waals surface area contributed by atoms with Gasteiger partial charge in [-0.15, -0.1) is 0 Å². The Hall–Kier alpha value is -1.59. The van der Waals surface area contributed by atoms with Gasteiger partial charge in [0.15, 0.2) is 0 Å². The predicted octanol–water partition coefficient (Wildman–Crippen LogP) is 1.36. The first kappa shape index (κ1) is 14.8.